The van der Waals surface area contributed by atoms with Crippen LogP contribution in [0.4, 0.5) is 4.79 Å². The van der Waals surface area contributed by atoms with Crippen LogP contribution in [0, 0.1) is 6.92 Å². The smallest absolute Gasteiger partial charge is 0.432 e. The van der Waals surface area contributed by atoms with Crippen LogP contribution in [-0.4, -0.2) is 26.0 Å². The SMILES string of the molecule is CCOCCOC(=O)Oc1ccc(C)cc1. The average molecular weight is 224 g/mol. The number of carbonyl (C=O) groups is 1. The van der Waals surface area contributed by atoms with Gasteiger partial charge in [-0.25, -0.2) is 4.79 Å². The largest absolute Gasteiger partial charge is 0.513 e. The molecule has 4 nitrogen and oxygen atoms in total. The molecule has 0 N–H and O–H groups in total. The number of hydrogen-bond donors (Lipinski definition) is 0. The summed E-state index contributed by atoms with van der Waals surface area (Å²) in [7, 11) is 0. The summed E-state index contributed by atoms with van der Waals surface area (Å²) in [5, 5.41) is 0. The maximum atomic E-state index is 11.2. The van der Waals surface area contributed by atoms with Crippen LogP contribution in [0.2, 0.25) is 0 Å². The lowest BCUT2D eigenvalue weighted by Gasteiger charge is -2.05. The maximum absolute atomic E-state index is 11.2. The van der Waals surface area contributed by atoms with E-state index in [1.807, 2.05) is 26.0 Å². The lowest BCUT2D eigenvalue weighted by atomic mass is 10.2. The molecule has 0 aromatic heterocycles. The Morgan fingerprint density at radius 2 is 1.88 bits per heavy atom. The Morgan fingerprint density at radius 1 is 1.19 bits per heavy atom. The van der Waals surface area contributed by atoms with Gasteiger partial charge in [0.25, 0.3) is 0 Å². The van der Waals surface area contributed by atoms with Crippen molar-refractivity contribution in [3.05, 3.63) is 29.8 Å². The molecule has 0 aliphatic carbocycles. The van der Waals surface area contributed by atoms with Crippen molar-refractivity contribution >= 4 is 6.16 Å². The molecule has 0 amide bonds. The number of aryl methyl sites for hydroxylation is 1. The third-order valence-electron chi connectivity index (χ3n) is 1.87. The van der Waals surface area contributed by atoms with E-state index in [9.17, 15) is 4.79 Å². The highest BCUT2D eigenvalue weighted by Crippen LogP contribution is 2.11. The second-order valence-electron chi connectivity index (χ2n) is 3.21. The Hall–Kier alpha value is -1.55. The van der Waals surface area contributed by atoms with Crippen molar-refractivity contribution in [1.29, 1.82) is 0 Å². The lowest BCUT2D eigenvalue weighted by molar-refractivity contribution is 0.0560. The summed E-state index contributed by atoms with van der Waals surface area (Å²) >= 11 is 0. The highest BCUT2D eigenvalue weighted by molar-refractivity contribution is 5.63. The standard InChI is InChI=1S/C12H16O4/c1-3-14-8-9-15-12(13)16-11-6-4-10(2)5-7-11/h4-7H,3,8-9H2,1-2H3. The van der Waals surface area contributed by atoms with Gasteiger partial charge in [0.15, 0.2) is 0 Å². The van der Waals surface area contributed by atoms with Gasteiger partial charge in [0.2, 0.25) is 0 Å². The van der Waals surface area contributed by atoms with Gasteiger partial charge in [-0.1, -0.05) is 17.7 Å². The molecule has 0 saturated carbocycles. The van der Waals surface area contributed by atoms with Crippen molar-refractivity contribution in [2.24, 2.45) is 0 Å². The van der Waals surface area contributed by atoms with Crippen LogP contribution < -0.4 is 4.74 Å². The fourth-order valence-corrected chi connectivity index (χ4v) is 1.06. The molecule has 0 fully saturated rings. The third-order valence-corrected chi connectivity index (χ3v) is 1.87. The van der Waals surface area contributed by atoms with Crippen LogP contribution in [-0.2, 0) is 9.47 Å². The zero-order valence-electron chi connectivity index (χ0n) is 9.56. The Kier molecular flexibility index (Phi) is 5.36. The van der Waals surface area contributed by atoms with E-state index in [1.54, 1.807) is 12.1 Å². The van der Waals surface area contributed by atoms with E-state index in [4.69, 9.17) is 14.2 Å². The van der Waals surface area contributed by atoms with E-state index in [1.165, 1.54) is 0 Å². The van der Waals surface area contributed by atoms with Crippen LogP contribution in [0.15, 0.2) is 24.3 Å². The number of benzene rings is 1. The topological polar surface area (TPSA) is 44.8 Å². The molecule has 0 heterocycles. The van der Waals surface area contributed by atoms with Crippen molar-refractivity contribution < 1.29 is 19.0 Å². The highest BCUT2D eigenvalue weighted by Gasteiger charge is 2.04. The van der Waals surface area contributed by atoms with E-state index >= 15 is 0 Å². The van der Waals surface area contributed by atoms with Crippen LogP contribution >= 0.6 is 0 Å². The normalized spacial score (nSPS) is 9.88. The minimum Gasteiger partial charge on any atom is -0.432 e. The summed E-state index contributed by atoms with van der Waals surface area (Å²) in [5.74, 6) is 0.479. The third kappa shape index (κ3) is 4.79. The Morgan fingerprint density at radius 3 is 2.50 bits per heavy atom. The lowest BCUT2D eigenvalue weighted by Crippen LogP contribution is -2.14. The first kappa shape index (κ1) is 12.5. The van der Waals surface area contributed by atoms with Crippen LogP contribution in [0.5, 0.6) is 5.75 Å². The molecule has 0 bridgehead atoms. The molecule has 1 aromatic rings. The fourth-order valence-electron chi connectivity index (χ4n) is 1.06. The molecular formula is C12H16O4. The quantitative estimate of drug-likeness (QED) is 0.438. The molecule has 1 rings (SSSR count). The first-order valence-electron chi connectivity index (χ1n) is 5.21. The van der Waals surface area contributed by atoms with Gasteiger partial charge < -0.3 is 14.2 Å². The first-order chi connectivity index (χ1) is 7.72. The van der Waals surface area contributed by atoms with Crippen molar-refractivity contribution in [2.75, 3.05) is 19.8 Å². The molecular weight excluding hydrogens is 208 g/mol. The predicted octanol–water partition coefficient (Wildman–Crippen LogP) is 2.55. The molecule has 16 heavy (non-hydrogen) atoms. The molecule has 0 saturated heterocycles. The molecule has 4 heteroatoms. The second kappa shape index (κ2) is 6.85. The van der Waals surface area contributed by atoms with E-state index in [0.29, 0.717) is 19.0 Å². The Balaban J connectivity index is 2.26. The van der Waals surface area contributed by atoms with E-state index in [-0.39, 0.29) is 6.61 Å². The van der Waals surface area contributed by atoms with Crippen molar-refractivity contribution in [1.82, 2.24) is 0 Å². The van der Waals surface area contributed by atoms with E-state index in [0.717, 1.165) is 5.56 Å². The molecule has 88 valence electrons. The molecule has 0 unspecified atom stereocenters. The zero-order valence-corrected chi connectivity index (χ0v) is 9.56. The molecule has 0 aliphatic heterocycles. The van der Waals surface area contributed by atoms with Gasteiger partial charge in [-0.2, -0.15) is 0 Å². The average Bonchev–Trinajstić information content (AvgIpc) is 2.28. The summed E-state index contributed by atoms with van der Waals surface area (Å²) in [6, 6.07) is 7.17. The summed E-state index contributed by atoms with van der Waals surface area (Å²) in [6.45, 7) is 5.04. The van der Waals surface area contributed by atoms with Gasteiger partial charge in [0.1, 0.15) is 12.4 Å². The Bertz CT molecular complexity index is 318. The van der Waals surface area contributed by atoms with Crippen LogP contribution in [0.25, 0.3) is 0 Å². The summed E-state index contributed by atoms with van der Waals surface area (Å²) < 4.78 is 14.7. The van der Waals surface area contributed by atoms with E-state index < -0.39 is 6.16 Å². The molecule has 0 atom stereocenters. The van der Waals surface area contributed by atoms with Gasteiger partial charge in [0, 0.05) is 6.61 Å². The molecule has 1 aromatic carbocycles. The Labute approximate surface area is 95.1 Å². The zero-order chi connectivity index (χ0) is 11.8. The van der Waals surface area contributed by atoms with E-state index in [2.05, 4.69) is 0 Å². The minimum absolute atomic E-state index is 0.207. The summed E-state index contributed by atoms with van der Waals surface area (Å²) in [4.78, 5) is 11.2. The number of ether oxygens (including phenoxy) is 3. The van der Waals surface area contributed by atoms with Crippen LogP contribution in [0.3, 0.4) is 0 Å². The van der Waals surface area contributed by atoms with Gasteiger partial charge >= 0.3 is 6.16 Å². The van der Waals surface area contributed by atoms with Gasteiger partial charge in [-0.3, -0.25) is 0 Å². The van der Waals surface area contributed by atoms with Gasteiger partial charge in [-0.05, 0) is 26.0 Å². The van der Waals surface area contributed by atoms with Crippen molar-refractivity contribution in [2.45, 2.75) is 13.8 Å². The van der Waals surface area contributed by atoms with Crippen LogP contribution in [0.1, 0.15) is 12.5 Å². The number of hydrogen-bond acceptors (Lipinski definition) is 4. The second-order valence-corrected chi connectivity index (χ2v) is 3.21. The predicted molar refractivity (Wildman–Crippen MR) is 59.6 cm³/mol. The van der Waals surface area contributed by atoms with Crippen molar-refractivity contribution in [3.8, 4) is 5.75 Å². The van der Waals surface area contributed by atoms with Gasteiger partial charge in [-0.15, -0.1) is 0 Å². The fraction of sp³-hybridized carbons (Fsp3) is 0.417. The minimum atomic E-state index is -0.705. The molecule has 0 aliphatic rings. The first-order valence-corrected chi connectivity index (χ1v) is 5.21. The number of rotatable bonds is 5. The molecule has 0 spiro atoms. The monoisotopic (exact) mass is 224 g/mol. The highest BCUT2D eigenvalue weighted by atomic mass is 16.7. The number of carbonyl (C=O) groups excluding carboxylic acids is 1. The summed E-state index contributed by atoms with van der Waals surface area (Å²) in [5.41, 5.74) is 1.11. The van der Waals surface area contributed by atoms with Gasteiger partial charge in [0.05, 0.1) is 6.61 Å². The molecule has 0 radical (unpaired) electrons. The van der Waals surface area contributed by atoms with Crippen molar-refractivity contribution in [3.63, 3.8) is 0 Å². The maximum Gasteiger partial charge on any atom is 0.513 e. The summed E-state index contributed by atoms with van der Waals surface area (Å²) in [6.07, 6.45) is -0.705.